The van der Waals surface area contributed by atoms with E-state index in [1.54, 1.807) is 0 Å². The highest BCUT2D eigenvalue weighted by molar-refractivity contribution is 5.97. The van der Waals surface area contributed by atoms with E-state index in [0.29, 0.717) is 19.1 Å². The van der Waals surface area contributed by atoms with Crippen LogP contribution < -0.4 is 10.1 Å². The molecule has 2 unspecified atom stereocenters. The largest absolute Gasteiger partial charge is 0.493 e. The number of carbonyl (C=O) groups is 1. The Balaban J connectivity index is 2.18. The third-order valence-corrected chi connectivity index (χ3v) is 4.96. The summed E-state index contributed by atoms with van der Waals surface area (Å²) in [6, 6.07) is 3.98. The first-order valence-electron chi connectivity index (χ1n) is 9.61. The number of nitrogens with one attached hydrogen (secondary N) is 1. The Labute approximate surface area is 152 Å². The maximum absolute atomic E-state index is 13.0. The molecule has 0 radical (unpaired) electrons. The number of hydrogen-bond donors (Lipinski definition) is 1. The first-order chi connectivity index (χ1) is 11.9. The molecule has 1 fully saturated rings. The summed E-state index contributed by atoms with van der Waals surface area (Å²) < 4.78 is 11.8. The fourth-order valence-corrected chi connectivity index (χ4v) is 3.88. The van der Waals surface area contributed by atoms with E-state index in [9.17, 15) is 4.79 Å². The molecule has 2 atom stereocenters. The highest BCUT2D eigenvalue weighted by atomic mass is 16.5. The molecular weight excluding hydrogens is 314 g/mol. The molecule has 25 heavy (non-hydrogen) atoms. The van der Waals surface area contributed by atoms with Crippen LogP contribution in [-0.2, 0) is 9.53 Å². The molecule has 1 aliphatic carbocycles. The van der Waals surface area contributed by atoms with Gasteiger partial charge in [-0.2, -0.15) is 0 Å². The molecule has 1 aromatic rings. The summed E-state index contributed by atoms with van der Waals surface area (Å²) in [6.07, 6.45) is 4.78. The van der Waals surface area contributed by atoms with Crippen LogP contribution in [0.5, 0.6) is 5.75 Å². The third kappa shape index (κ3) is 4.75. The van der Waals surface area contributed by atoms with Gasteiger partial charge in [0.05, 0.1) is 6.61 Å². The van der Waals surface area contributed by atoms with Crippen molar-refractivity contribution in [3.05, 3.63) is 23.3 Å². The van der Waals surface area contributed by atoms with Gasteiger partial charge in [0.2, 0.25) is 0 Å². The molecule has 0 aliphatic heterocycles. The Hall–Kier alpha value is -1.55. The number of anilines is 1. The van der Waals surface area contributed by atoms with Crippen molar-refractivity contribution in [3.63, 3.8) is 0 Å². The van der Waals surface area contributed by atoms with Crippen LogP contribution in [0, 0.1) is 19.8 Å². The molecule has 140 valence electrons. The zero-order valence-corrected chi connectivity index (χ0v) is 16.4. The fraction of sp³-hybridized carbons (Fsp3) is 0.667. The Morgan fingerprint density at radius 1 is 1.28 bits per heavy atom. The van der Waals surface area contributed by atoms with Crippen LogP contribution in [0.4, 0.5) is 5.69 Å². The molecule has 4 heteroatoms. The standard InChI is InChI=1S/C21H33NO3/c1-6-11-24-19-16(4)12-18(13-17(19)5)22-20(23)21(25-7-2)10-8-9-15(3)14-21/h12-13,15H,6-11,14H2,1-5H3,(H,22,23). The molecule has 1 saturated carbocycles. The van der Waals surface area contributed by atoms with Crippen LogP contribution in [0.2, 0.25) is 0 Å². The molecule has 0 spiro atoms. The predicted octanol–water partition coefficient (Wildman–Crippen LogP) is 5.02. The predicted molar refractivity (Wildman–Crippen MR) is 102 cm³/mol. The van der Waals surface area contributed by atoms with E-state index in [4.69, 9.17) is 9.47 Å². The van der Waals surface area contributed by atoms with Crippen molar-refractivity contribution in [2.75, 3.05) is 18.5 Å². The van der Waals surface area contributed by atoms with Gasteiger partial charge in [-0.1, -0.05) is 20.3 Å². The number of hydrogen-bond acceptors (Lipinski definition) is 3. The number of carbonyl (C=O) groups excluding carboxylic acids is 1. The van der Waals surface area contributed by atoms with Gasteiger partial charge >= 0.3 is 0 Å². The van der Waals surface area contributed by atoms with Gasteiger partial charge in [-0.25, -0.2) is 0 Å². The van der Waals surface area contributed by atoms with E-state index in [1.807, 2.05) is 32.9 Å². The van der Waals surface area contributed by atoms with Gasteiger partial charge in [-0.3, -0.25) is 4.79 Å². The molecule has 0 aromatic heterocycles. The van der Waals surface area contributed by atoms with Crippen molar-refractivity contribution in [2.24, 2.45) is 5.92 Å². The number of amides is 1. The molecule has 1 aliphatic rings. The first kappa shape index (κ1) is 19.8. The number of ether oxygens (including phenoxy) is 2. The molecule has 1 aromatic carbocycles. The monoisotopic (exact) mass is 347 g/mol. The van der Waals surface area contributed by atoms with Crippen molar-refractivity contribution >= 4 is 11.6 Å². The zero-order chi connectivity index (χ0) is 18.4. The molecular formula is C21H33NO3. The van der Waals surface area contributed by atoms with Crippen molar-refractivity contribution in [1.29, 1.82) is 0 Å². The highest BCUT2D eigenvalue weighted by Crippen LogP contribution is 2.37. The Kier molecular flexibility index (Phi) is 6.88. The summed E-state index contributed by atoms with van der Waals surface area (Å²) in [6.45, 7) is 11.6. The lowest BCUT2D eigenvalue weighted by Crippen LogP contribution is -2.48. The van der Waals surface area contributed by atoms with Gasteiger partial charge in [0.15, 0.2) is 0 Å². The van der Waals surface area contributed by atoms with Crippen LogP contribution in [0.15, 0.2) is 12.1 Å². The van der Waals surface area contributed by atoms with E-state index < -0.39 is 5.60 Å². The minimum atomic E-state index is -0.689. The molecule has 0 heterocycles. The van der Waals surface area contributed by atoms with Crippen molar-refractivity contribution in [3.8, 4) is 5.75 Å². The fourth-order valence-electron chi connectivity index (χ4n) is 3.88. The van der Waals surface area contributed by atoms with E-state index in [2.05, 4.69) is 19.2 Å². The second kappa shape index (κ2) is 8.70. The molecule has 1 amide bonds. The Bertz CT molecular complexity index is 572. The van der Waals surface area contributed by atoms with Gasteiger partial charge in [0, 0.05) is 12.3 Å². The van der Waals surface area contributed by atoms with Crippen molar-refractivity contribution in [1.82, 2.24) is 0 Å². The quantitative estimate of drug-likeness (QED) is 0.753. The lowest BCUT2D eigenvalue weighted by atomic mass is 9.78. The van der Waals surface area contributed by atoms with E-state index >= 15 is 0 Å². The summed E-state index contributed by atoms with van der Waals surface area (Å²) in [5.74, 6) is 1.42. The van der Waals surface area contributed by atoms with Gasteiger partial charge in [-0.05, 0) is 75.6 Å². The average molecular weight is 347 g/mol. The lowest BCUT2D eigenvalue weighted by molar-refractivity contribution is -0.147. The maximum Gasteiger partial charge on any atom is 0.256 e. The summed E-state index contributed by atoms with van der Waals surface area (Å²) in [7, 11) is 0. The van der Waals surface area contributed by atoms with Gasteiger partial charge < -0.3 is 14.8 Å². The van der Waals surface area contributed by atoms with Crippen molar-refractivity contribution in [2.45, 2.75) is 72.3 Å². The summed E-state index contributed by atoms with van der Waals surface area (Å²) >= 11 is 0. The first-order valence-corrected chi connectivity index (χ1v) is 9.61. The third-order valence-electron chi connectivity index (χ3n) is 4.96. The lowest BCUT2D eigenvalue weighted by Gasteiger charge is -2.38. The summed E-state index contributed by atoms with van der Waals surface area (Å²) in [5, 5.41) is 3.10. The van der Waals surface area contributed by atoms with Crippen LogP contribution >= 0.6 is 0 Å². The number of benzene rings is 1. The Morgan fingerprint density at radius 3 is 2.52 bits per heavy atom. The van der Waals surface area contributed by atoms with Gasteiger partial charge in [0.25, 0.3) is 5.91 Å². The zero-order valence-electron chi connectivity index (χ0n) is 16.4. The minimum Gasteiger partial charge on any atom is -0.493 e. The van der Waals surface area contributed by atoms with Crippen LogP contribution in [-0.4, -0.2) is 24.7 Å². The summed E-state index contributed by atoms with van der Waals surface area (Å²) in [4.78, 5) is 13.0. The Morgan fingerprint density at radius 2 is 1.96 bits per heavy atom. The SMILES string of the molecule is CCCOc1c(C)cc(NC(=O)C2(OCC)CCCC(C)C2)cc1C. The normalized spacial score (nSPS) is 23.3. The number of rotatable bonds is 7. The van der Waals surface area contributed by atoms with Gasteiger partial charge in [-0.15, -0.1) is 0 Å². The second-order valence-corrected chi connectivity index (χ2v) is 7.37. The topological polar surface area (TPSA) is 47.6 Å². The van der Waals surface area contributed by atoms with E-state index in [-0.39, 0.29) is 5.91 Å². The van der Waals surface area contributed by atoms with Crippen molar-refractivity contribution < 1.29 is 14.3 Å². The number of aryl methyl sites for hydroxylation is 2. The molecule has 1 N–H and O–H groups in total. The summed E-state index contributed by atoms with van der Waals surface area (Å²) in [5.41, 5.74) is 2.23. The highest BCUT2D eigenvalue weighted by Gasteiger charge is 2.42. The average Bonchev–Trinajstić information content (AvgIpc) is 2.54. The molecule has 4 nitrogen and oxygen atoms in total. The van der Waals surface area contributed by atoms with Crippen LogP contribution in [0.1, 0.15) is 64.0 Å². The molecule has 0 bridgehead atoms. The van der Waals surface area contributed by atoms with Gasteiger partial charge in [0.1, 0.15) is 11.4 Å². The van der Waals surface area contributed by atoms with E-state index in [1.165, 1.54) is 6.42 Å². The molecule has 0 saturated heterocycles. The molecule has 2 rings (SSSR count). The van der Waals surface area contributed by atoms with Crippen LogP contribution in [0.3, 0.4) is 0 Å². The minimum absolute atomic E-state index is 0.0121. The maximum atomic E-state index is 13.0. The second-order valence-electron chi connectivity index (χ2n) is 7.37. The smallest absolute Gasteiger partial charge is 0.256 e. The van der Waals surface area contributed by atoms with Crippen LogP contribution in [0.25, 0.3) is 0 Å². The van der Waals surface area contributed by atoms with E-state index in [0.717, 1.165) is 48.2 Å².